The lowest BCUT2D eigenvalue weighted by atomic mass is 10.2. The van der Waals surface area contributed by atoms with Crippen molar-refractivity contribution in [3.05, 3.63) is 23.0 Å². The number of methoxy groups -OCH3 is 1. The fraction of sp³-hybridized carbons (Fsp3) is 0.333. The van der Waals surface area contributed by atoms with Crippen molar-refractivity contribution < 1.29 is 9.53 Å². The molecule has 70 valence electrons. The van der Waals surface area contributed by atoms with Gasteiger partial charge in [0, 0.05) is 17.5 Å². The molecule has 0 aliphatic heterocycles. The Morgan fingerprint density at radius 1 is 1.77 bits per heavy atom. The number of nitrogens with one attached hydrogen (secondary N) is 2. The maximum absolute atomic E-state index is 11.1. The molecule has 0 saturated carbocycles. The molecule has 0 atom stereocenters. The summed E-state index contributed by atoms with van der Waals surface area (Å²) in [5, 5.41) is 7.10. The number of aromatic nitrogens is 1. The molecule has 0 bridgehead atoms. The van der Waals surface area contributed by atoms with Gasteiger partial charge < -0.3 is 15.1 Å². The Morgan fingerprint density at radius 3 is 2.85 bits per heavy atom. The summed E-state index contributed by atoms with van der Waals surface area (Å²) < 4.78 is 4.55. The fourth-order valence-electron chi connectivity index (χ4n) is 1.15. The Morgan fingerprint density at radius 2 is 2.46 bits per heavy atom. The van der Waals surface area contributed by atoms with Crippen molar-refractivity contribution >= 4 is 12.2 Å². The maximum Gasteiger partial charge on any atom is 0.354 e. The van der Waals surface area contributed by atoms with Crippen LogP contribution in [0.15, 0.2) is 6.07 Å². The molecular weight excluding hydrogens is 168 g/mol. The Hall–Kier alpha value is -1.58. The smallest absolute Gasteiger partial charge is 0.354 e. The zero-order valence-electron chi connectivity index (χ0n) is 7.68. The molecule has 0 saturated heterocycles. The van der Waals surface area contributed by atoms with Crippen molar-refractivity contribution in [1.29, 1.82) is 5.41 Å². The van der Waals surface area contributed by atoms with Gasteiger partial charge in [-0.3, -0.25) is 0 Å². The second-order valence-electron chi connectivity index (χ2n) is 2.61. The van der Waals surface area contributed by atoms with Crippen molar-refractivity contribution in [2.75, 3.05) is 7.11 Å². The molecule has 1 rings (SSSR count). The lowest BCUT2D eigenvalue weighted by Gasteiger charge is -1.93. The van der Waals surface area contributed by atoms with Crippen molar-refractivity contribution in [2.24, 2.45) is 0 Å². The van der Waals surface area contributed by atoms with Crippen molar-refractivity contribution in [3.63, 3.8) is 0 Å². The van der Waals surface area contributed by atoms with E-state index in [0.717, 1.165) is 17.7 Å². The van der Waals surface area contributed by atoms with Crippen LogP contribution in [-0.4, -0.2) is 24.3 Å². The summed E-state index contributed by atoms with van der Waals surface area (Å²) in [6.45, 7) is 1.96. The number of carbonyl (C=O) groups excluding carboxylic acids is 1. The first kappa shape index (κ1) is 9.51. The quantitative estimate of drug-likeness (QED) is 0.544. The molecule has 0 fully saturated rings. The van der Waals surface area contributed by atoms with Crippen LogP contribution in [0.1, 0.15) is 28.7 Å². The number of aryl methyl sites for hydroxylation is 1. The highest BCUT2D eigenvalue weighted by atomic mass is 16.5. The highest BCUT2D eigenvalue weighted by Gasteiger charge is 2.11. The molecule has 1 aromatic heterocycles. The van der Waals surface area contributed by atoms with Crippen LogP contribution in [0.5, 0.6) is 0 Å². The van der Waals surface area contributed by atoms with E-state index in [9.17, 15) is 4.79 Å². The summed E-state index contributed by atoms with van der Waals surface area (Å²) in [4.78, 5) is 14.0. The number of hydrogen-bond acceptors (Lipinski definition) is 3. The fourth-order valence-corrected chi connectivity index (χ4v) is 1.15. The van der Waals surface area contributed by atoms with Gasteiger partial charge in [-0.1, -0.05) is 6.92 Å². The maximum atomic E-state index is 11.1. The van der Waals surface area contributed by atoms with Gasteiger partial charge in [0.05, 0.1) is 7.11 Å². The van der Waals surface area contributed by atoms with Crippen molar-refractivity contribution in [1.82, 2.24) is 4.98 Å². The average Bonchev–Trinajstić information content (AvgIpc) is 2.59. The molecule has 2 N–H and O–H groups in total. The Balaban J connectivity index is 3.06. The van der Waals surface area contributed by atoms with Gasteiger partial charge in [0.2, 0.25) is 0 Å². The topological polar surface area (TPSA) is 65.9 Å². The minimum Gasteiger partial charge on any atom is -0.464 e. The summed E-state index contributed by atoms with van der Waals surface area (Å²) in [7, 11) is 1.33. The lowest BCUT2D eigenvalue weighted by Crippen LogP contribution is -2.01. The third-order valence-corrected chi connectivity index (χ3v) is 1.85. The largest absolute Gasteiger partial charge is 0.464 e. The van der Waals surface area contributed by atoms with Gasteiger partial charge in [0.1, 0.15) is 5.69 Å². The van der Waals surface area contributed by atoms with Crippen molar-refractivity contribution in [2.45, 2.75) is 13.3 Å². The molecule has 0 spiro atoms. The Labute approximate surface area is 76.4 Å². The van der Waals surface area contributed by atoms with Gasteiger partial charge in [-0.2, -0.15) is 0 Å². The van der Waals surface area contributed by atoms with Gasteiger partial charge in [-0.25, -0.2) is 4.79 Å². The summed E-state index contributed by atoms with van der Waals surface area (Å²) in [6, 6.07) is 1.62. The summed E-state index contributed by atoms with van der Waals surface area (Å²) >= 11 is 0. The molecule has 1 aromatic rings. The molecule has 0 aliphatic carbocycles. The summed E-state index contributed by atoms with van der Waals surface area (Å²) in [5.74, 6) is -0.400. The molecule has 4 heteroatoms. The van der Waals surface area contributed by atoms with E-state index in [4.69, 9.17) is 5.41 Å². The van der Waals surface area contributed by atoms with Crippen LogP contribution in [-0.2, 0) is 11.2 Å². The van der Waals surface area contributed by atoms with Crippen LogP contribution in [0.2, 0.25) is 0 Å². The molecule has 0 unspecified atom stereocenters. The molecule has 13 heavy (non-hydrogen) atoms. The second-order valence-corrected chi connectivity index (χ2v) is 2.61. The van der Waals surface area contributed by atoms with E-state index in [0.29, 0.717) is 5.69 Å². The average molecular weight is 180 g/mol. The normalized spacial score (nSPS) is 9.69. The van der Waals surface area contributed by atoms with Crippen LogP contribution in [0.25, 0.3) is 0 Å². The zero-order valence-corrected chi connectivity index (χ0v) is 7.68. The van der Waals surface area contributed by atoms with Gasteiger partial charge in [-0.05, 0) is 12.5 Å². The van der Waals surface area contributed by atoms with Crippen LogP contribution >= 0.6 is 0 Å². The van der Waals surface area contributed by atoms with Crippen LogP contribution in [0.3, 0.4) is 0 Å². The molecular formula is C9H12N2O2. The molecule has 4 nitrogen and oxygen atoms in total. The van der Waals surface area contributed by atoms with Crippen LogP contribution in [0, 0.1) is 5.41 Å². The SMILES string of the molecule is CCc1[nH]c(C(=O)OC)cc1C=N. The zero-order chi connectivity index (χ0) is 9.84. The second kappa shape index (κ2) is 3.89. The Kier molecular flexibility index (Phi) is 2.84. The molecule has 0 aliphatic rings. The Bertz CT molecular complexity index is 328. The minimum absolute atomic E-state index is 0.400. The number of rotatable bonds is 3. The van der Waals surface area contributed by atoms with E-state index >= 15 is 0 Å². The molecule has 0 radical (unpaired) electrons. The van der Waals surface area contributed by atoms with E-state index in [-0.39, 0.29) is 0 Å². The molecule has 0 amide bonds. The van der Waals surface area contributed by atoms with E-state index in [1.807, 2.05) is 6.92 Å². The molecule has 0 aromatic carbocycles. The number of aromatic amines is 1. The first-order valence-electron chi connectivity index (χ1n) is 4.03. The summed E-state index contributed by atoms with van der Waals surface area (Å²) in [5.41, 5.74) is 2.02. The number of carbonyl (C=O) groups is 1. The van der Waals surface area contributed by atoms with E-state index in [1.165, 1.54) is 13.3 Å². The first-order valence-corrected chi connectivity index (χ1v) is 4.03. The highest BCUT2D eigenvalue weighted by molar-refractivity contribution is 5.91. The predicted molar refractivity (Wildman–Crippen MR) is 49.4 cm³/mol. The van der Waals surface area contributed by atoms with Gasteiger partial charge >= 0.3 is 5.97 Å². The van der Waals surface area contributed by atoms with Gasteiger partial charge in [0.25, 0.3) is 0 Å². The van der Waals surface area contributed by atoms with Crippen molar-refractivity contribution in [3.8, 4) is 0 Å². The van der Waals surface area contributed by atoms with Crippen LogP contribution in [0.4, 0.5) is 0 Å². The number of ether oxygens (including phenoxy) is 1. The van der Waals surface area contributed by atoms with E-state index in [2.05, 4.69) is 9.72 Å². The third-order valence-electron chi connectivity index (χ3n) is 1.85. The number of hydrogen-bond donors (Lipinski definition) is 2. The third kappa shape index (κ3) is 1.77. The standard InChI is InChI=1S/C9H12N2O2/c1-3-7-6(5-10)4-8(11-7)9(12)13-2/h4-5,10-11H,3H2,1-2H3. The van der Waals surface area contributed by atoms with Gasteiger partial charge in [0.15, 0.2) is 0 Å². The highest BCUT2D eigenvalue weighted by Crippen LogP contribution is 2.10. The monoisotopic (exact) mass is 180 g/mol. The molecule has 1 heterocycles. The van der Waals surface area contributed by atoms with Crippen LogP contribution < -0.4 is 0 Å². The predicted octanol–water partition coefficient (Wildman–Crippen LogP) is 1.36. The number of H-pyrrole nitrogens is 1. The summed E-state index contributed by atoms with van der Waals surface area (Å²) in [6.07, 6.45) is 1.99. The van der Waals surface area contributed by atoms with E-state index in [1.54, 1.807) is 6.07 Å². The van der Waals surface area contributed by atoms with Gasteiger partial charge in [-0.15, -0.1) is 0 Å². The van der Waals surface area contributed by atoms with E-state index < -0.39 is 5.97 Å². The lowest BCUT2D eigenvalue weighted by molar-refractivity contribution is 0.0594. The minimum atomic E-state index is -0.400. The number of esters is 1. The first-order chi connectivity index (χ1) is 6.22.